The van der Waals surface area contributed by atoms with Crippen LogP contribution in [0.1, 0.15) is 25.3 Å². The summed E-state index contributed by atoms with van der Waals surface area (Å²) < 4.78 is 27.0. The van der Waals surface area contributed by atoms with E-state index in [0.29, 0.717) is 19.6 Å². The average Bonchev–Trinajstić information content (AvgIpc) is 2.62. The van der Waals surface area contributed by atoms with Gasteiger partial charge in [-0.1, -0.05) is 30.3 Å². The molecule has 2 atom stereocenters. The monoisotopic (exact) mass is 365 g/mol. The van der Waals surface area contributed by atoms with Crippen LogP contribution in [-0.4, -0.2) is 62.3 Å². The SMILES string of the molecule is C[C@H]1CNCCN1C(=O)C1CCCN(S(=O)(=O)Cc2ccccc2)C1. The molecule has 6 nitrogen and oxygen atoms in total. The fraction of sp³-hybridized carbons (Fsp3) is 0.611. The first-order chi connectivity index (χ1) is 12.0. The van der Waals surface area contributed by atoms with Gasteiger partial charge in [0.1, 0.15) is 0 Å². The van der Waals surface area contributed by atoms with Gasteiger partial charge in [-0.15, -0.1) is 0 Å². The lowest BCUT2D eigenvalue weighted by molar-refractivity contribution is -0.139. The second-order valence-electron chi connectivity index (χ2n) is 7.02. The van der Waals surface area contributed by atoms with Crippen LogP contribution in [0.3, 0.4) is 0 Å². The van der Waals surface area contributed by atoms with Gasteiger partial charge in [0.25, 0.3) is 0 Å². The summed E-state index contributed by atoms with van der Waals surface area (Å²) in [6.45, 7) is 5.16. The number of amides is 1. The lowest BCUT2D eigenvalue weighted by atomic mass is 9.97. The third-order valence-corrected chi connectivity index (χ3v) is 6.92. The van der Waals surface area contributed by atoms with Crippen LogP contribution in [0.2, 0.25) is 0 Å². The normalized spacial score (nSPS) is 25.7. The van der Waals surface area contributed by atoms with Crippen molar-refractivity contribution in [3.05, 3.63) is 35.9 Å². The maximum Gasteiger partial charge on any atom is 0.227 e. The Labute approximate surface area is 150 Å². The molecule has 1 unspecified atom stereocenters. The van der Waals surface area contributed by atoms with Gasteiger partial charge in [-0.3, -0.25) is 4.79 Å². The Morgan fingerprint density at radius 1 is 1.24 bits per heavy atom. The van der Waals surface area contributed by atoms with E-state index in [2.05, 4.69) is 5.32 Å². The molecule has 2 heterocycles. The number of piperazine rings is 1. The van der Waals surface area contributed by atoms with E-state index in [0.717, 1.165) is 31.5 Å². The van der Waals surface area contributed by atoms with E-state index in [1.165, 1.54) is 4.31 Å². The molecular weight excluding hydrogens is 338 g/mol. The molecule has 2 fully saturated rings. The van der Waals surface area contributed by atoms with Crippen molar-refractivity contribution in [3.8, 4) is 0 Å². The van der Waals surface area contributed by atoms with Crippen LogP contribution in [0.15, 0.2) is 30.3 Å². The number of hydrogen-bond acceptors (Lipinski definition) is 4. The predicted octanol–water partition coefficient (Wildman–Crippen LogP) is 1.05. The number of benzene rings is 1. The van der Waals surface area contributed by atoms with Gasteiger partial charge < -0.3 is 10.2 Å². The summed E-state index contributed by atoms with van der Waals surface area (Å²) in [5.74, 6) is -0.118. The Morgan fingerprint density at radius 2 is 2.00 bits per heavy atom. The Bertz CT molecular complexity index is 693. The number of nitrogens with zero attached hydrogens (tertiary/aromatic N) is 2. The van der Waals surface area contributed by atoms with Gasteiger partial charge in [-0.25, -0.2) is 12.7 Å². The van der Waals surface area contributed by atoms with Crippen LogP contribution in [0.25, 0.3) is 0 Å². The van der Waals surface area contributed by atoms with Crippen molar-refractivity contribution < 1.29 is 13.2 Å². The molecule has 25 heavy (non-hydrogen) atoms. The molecule has 2 aliphatic rings. The maximum atomic E-state index is 12.9. The van der Waals surface area contributed by atoms with Crippen molar-refractivity contribution in [3.63, 3.8) is 0 Å². The molecule has 3 rings (SSSR count). The summed E-state index contributed by atoms with van der Waals surface area (Å²) in [6, 6.07) is 9.38. The van der Waals surface area contributed by atoms with Crippen molar-refractivity contribution in [1.29, 1.82) is 0 Å². The second-order valence-corrected chi connectivity index (χ2v) is 8.99. The van der Waals surface area contributed by atoms with Crippen LogP contribution in [0.4, 0.5) is 0 Å². The highest BCUT2D eigenvalue weighted by molar-refractivity contribution is 7.88. The largest absolute Gasteiger partial charge is 0.337 e. The molecule has 1 aromatic carbocycles. The van der Waals surface area contributed by atoms with E-state index in [1.807, 2.05) is 42.2 Å². The summed E-state index contributed by atoms with van der Waals surface area (Å²) >= 11 is 0. The second kappa shape index (κ2) is 7.85. The molecule has 1 N–H and O–H groups in total. The number of sulfonamides is 1. The standard InChI is InChI=1S/C18H27N3O3S/c1-15-12-19-9-11-21(15)18(22)17-8-5-10-20(13-17)25(23,24)14-16-6-3-2-4-7-16/h2-4,6-7,15,17,19H,5,8-14H2,1H3/t15-,17?/m0/s1. The zero-order valence-electron chi connectivity index (χ0n) is 14.7. The molecule has 0 bridgehead atoms. The molecule has 138 valence electrons. The Morgan fingerprint density at radius 3 is 2.72 bits per heavy atom. The van der Waals surface area contributed by atoms with Gasteiger partial charge in [-0.2, -0.15) is 0 Å². The molecule has 0 radical (unpaired) electrons. The molecule has 7 heteroatoms. The summed E-state index contributed by atoms with van der Waals surface area (Å²) in [5.41, 5.74) is 0.784. The lowest BCUT2D eigenvalue weighted by Crippen LogP contribution is -2.56. The van der Waals surface area contributed by atoms with Crippen molar-refractivity contribution in [1.82, 2.24) is 14.5 Å². The molecule has 1 aromatic rings. The first kappa shape index (κ1) is 18.4. The van der Waals surface area contributed by atoms with Crippen LogP contribution in [0, 0.1) is 5.92 Å². The number of rotatable bonds is 4. The minimum Gasteiger partial charge on any atom is -0.337 e. The highest BCUT2D eigenvalue weighted by Gasteiger charge is 2.35. The van der Waals surface area contributed by atoms with Gasteiger partial charge >= 0.3 is 0 Å². The van der Waals surface area contributed by atoms with Gasteiger partial charge in [0.05, 0.1) is 11.7 Å². The van der Waals surface area contributed by atoms with Gasteiger partial charge in [-0.05, 0) is 25.3 Å². The third-order valence-electron chi connectivity index (χ3n) is 5.10. The van der Waals surface area contributed by atoms with E-state index in [9.17, 15) is 13.2 Å². The summed E-state index contributed by atoms with van der Waals surface area (Å²) in [5, 5.41) is 3.28. The Kier molecular flexibility index (Phi) is 5.76. The Balaban J connectivity index is 1.67. The fourth-order valence-electron chi connectivity index (χ4n) is 3.68. The molecule has 2 aliphatic heterocycles. The molecule has 0 spiro atoms. The lowest BCUT2D eigenvalue weighted by Gasteiger charge is -2.39. The molecular formula is C18H27N3O3S. The van der Waals surface area contributed by atoms with Crippen LogP contribution >= 0.6 is 0 Å². The zero-order valence-corrected chi connectivity index (χ0v) is 15.5. The molecule has 0 saturated carbocycles. The van der Waals surface area contributed by atoms with Crippen LogP contribution < -0.4 is 5.32 Å². The number of hydrogen-bond donors (Lipinski definition) is 1. The number of piperidine rings is 1. The molecule has 0 aliphatic carbocycles. The molecule has 2 saturated heterocycles. The molecule has 0 aromatic heterocycles. The third kappa shape index (κ3) is 4.40. The van der Waals surface area contributed by atoms with Crippen LogP contribution in [0.5, 0.6) is 0 Å². The number of carbonyl (C=O) groups is 1. The first-order valence-corrected chi connectivity index (χ1v) is 10.6. The van der Waals surface area contributed by atoms with Crippen molar-refractivity contribution in [2.75, 3.05) is 32.7 Å². The van der Waals surface area contributed by atoms with E-state index in [1.54, 1.807) is 0 Å². The minimum atomic E-state index is -3.40. The summed E-state index contributed by atoms with van der Waals surface area (Å²) in [6.07, 6.45) is 1.51. The predicted molar refractivity (Wildman–Crippen MR) is 97.4 cm³/mol. The maximum absolute atomic E-state index is 12.9. The smallest absolute Gasteiger partial charge is 0.227 e. The number of carbonyl (C=O) groups excluding carboxylic acids is 1. The van der Waals surface area contributed by atoms with Crippen molar-refractivity contribution >= 4 is 15.9 Å². The summed E-state index contributed by atoms with van der Waals surface area (Å²) in [7, 11) is -3.40. The van der Waals surface area contributed by atoms with E-state index < -0.39 is 10.0 Å². The van der Waals surface area contributed by atoms with Gasteiger partial charge in [0.15, 0.2) is 0 Å². The Hall–Kier alpha value is -1.44. The highest BCUT2D eigenvalue weighted by Crippen LogP contribution is 2.24. The van der Waals surface area contributed by atoms with Crippen molar-refractivity contribution in [2.24, 2.45) is 5.92 Å². The van der Waals surface area contributed by atoms with Crippen molar-refractivity contribution in [2.45, 2.75) is 31.6 Å². The highest BCUT2D eigenvalue weighted by atomic mass is 32.2. The average molecular weight is 365 g/mol. The quantitative estimate of drug-likeness (QED) is 0.866. The topological polar surface area (TPSA) is 69.7 Å². The van der Waals surface area contributed by atoms with E-state index in [4.69, 9.17) is 0 Å². The fourth-order valence-corrected chi connectivity index (χ4v) is 5.29. The minimum absolute atomic E-state index is 0.00120. The number of nitrogens with one attached hydrogen (secondary N) is 1. The van der Waals surface area contributed by atoms with Crippen LogP contribution in [-0.2, 0) is 20.6 Å². The zero-order chi connectivity index (χ0) is 17.9. The van der Waals surface area contributed by atoms with E-state index in [-0.39, 0.29) is 23.6 Å². The first-order valence-electron chi connectivity index (χ1n) is 9.00. The van der Waals surface area contributed by atoms with Gasteiger partial charge in [0.2, 0.25) is 15.9 Å². The molecule has 1 amide bonds. The van der Waals surface area contributed by atoms with Gasteiger partial charge in [0, 0.05) is 38.8 Å². The van der Waals surface area contributed by atoms with E-state index >= 15 is 0 Å². The summed E-state index contributed by atoms with van der Waals surface area (Å²) in [4.78, 5) is 14.8.